The zero-order chi connectivity index (χ0) is 30.7. The van der Waals surface area contributed by atoms with Crippen molar-refractivity contribution >= 4 is 0 Å². The second-order valence-electron chi connectivity index (χ2n) is 17.8. The van der Waals surface area contributed by atoms with E-state index in [4.69, 9.17) is 0 Å². The molecule has 0 aromatic rings. The van der Waals surface area contributed by atoms with Crippen LogP contribution in [0.5, 0.6) is 0 Å². The number of rotatable bonds is 5. The first-order valence-electron chi connectivity index (χ1n) is 15.8. The van der Waals surface area contributed by atoms with E-state index in [1.165, 1.54) is 57.8 Å². The predicted molar refractivity (Wildman–Crippen MR) is 178 cm³/mol. The highest BCUT2D eigenvalue weighted by Gasteiger charge is 2.21. The minimum Gasteiger partial charge on any atom is -0.309 e. The molecule has 0 unspecified atom stereocenters. The first kappa shape index (κ1) is 44.0. The van der Waals surface area contributed by atoms with Crippen molar-refractivity contribution in [1.82, 2.24) is 4.90 Å². The third-order valence-electron chi connectivity index (χ3n) is 6.15. The van der Waals surface area contributed by atoms with Gasteiger partial charge in [0.25, 0.3) is 0 Å². The molecule has 0 bridgehead atoms. The van der Waals surface area contributed by atoms with Gasteiger partial charge in [0.05, 0.1) is 0 Å². The molecule has 1 fully saturated rings. The highest BCUT2D eigenvalue weighted by atomic mass is 15.1. The molecule has 0 aliphatic heterocycles. The van der Waals surface area contributed by atoms with Crippen molar-refractivity contribution in [2.45, 2.75) is 182 Å². The lowest BCUT2D eigenvalue weighted by molar-refractivity contribution is 0.263. The quantitative estimate of drug-likeness (QED) is 0.343. The SMILES string of the molecule is CC(C)(C)CCCC1CC1.CCC(C)(C)C.CCC(C)(C)C.CCCC(C)(C)C.CN(C)CC(C)(C)C. The van der Waals surface area contributed by atoms with E-state index in [2.05, 4.69) is 144 Å². The Labute approximate surface area is 240 Å². The summed E-state index contributed by atoms with van der Waals surface area (Å²) in [6.45, 7) is 41.8. The molecule has 1 saturated carbocycles. The Morgan fingerprint density at radius 2 is 0.838 bits per heavy atom. The molecule has 0 atom stereocenters. The maximum atomic E-state index is 2.33. The van der Waals surface area contributed by atoms with Gasteiger partial charge in [0.2, 0.25) is 0 Å². The fraction of sp³-hybridized carbons (Fsp3) is 1.00. The van der Waals surface area contributed by atoms with E-state index in [0.717, 1.165) is 12.5 Å². The molecule has 0 radical (unpaired) electrons. The number of hydrogen-bond donors (Lipinski definition) is 0. The van der Waals surface area contributed by atoms with Gasteiger partial charge in [-0.1, -0.05) is 170 Å². The first-order chi connectivity index (χ1) is 16.2. The zero-order valence-corrected chi connectivity index (χ0v) is 30.6. The van der Waals surface area contributed by atoms with Crippen LogP contribution in [-0.4, -0.2) is 25.5 Å². The van der Waals surface area contributed by atoms with Crippen molar-refractivity contribution in [3.63, 3.8) is 0 Å². The van der Waals surface area contributed by atoms with Crippen LogP contribution in [0.25, 0.3) is 0 Å². The molecule has 0 heterocycles. The summed E-state index contributed by atoms with van der Waals surface area (Å²) in [5.41, 5.74) is 2.65. The molecule has 230 valence electrons. The van der Waals surface area contributed by atoms with Gasteiger partial charge in [-0.2, -0.15) is 0 Å². The summed E-state index contributed by atoms with van der Waals surface area (Å²) in [4.78, 5) is 2.21. The van der Waals surface area contributed by atoms with Crippen molar-refractivity contribution in [2.24, 2.45) is 33.0 Å². The van der Waals surface area contributed by atoms with Gasteiger partial charge in [-0.3, -0.25) is 0 Å². The number of nitrogens with zero attached hydrogens (tertiary/aromatic N) is 1. The maximum absolute atomic E-state index is 2.33. The van der Waals surface area contributed by atoms with Crippen LogP contribution in [0, 0.1) is 33.0 Å². The van der Waals surface area contributed by atoms with Crippen molar-refractivity contribution in [3.05, 3.63) is 0 Å². The summed E-state index contributed by atoms with van der Waals surface area (Å²) in [5.74, 6) is 1.13. The molecule has 1 rings (SSSR count). The van der Waals surface area contributed by atoms with E-state index in [-0.39, 0.29) is 0 Å². The molecule has 1 nitrogen and oxygen atoms in total. The Kier molecular flexibility index (Phi) is 24.7. The average molecular weight is 528 g/mol. The highest BCUT2D eigenvalue weighted by Crippen LogP contribution is 2.35. The van der Waals surface area contributed by atoms with Crippen LogP contribution in [0.15, 0.2) is 0 Å². The largest absolute Gasteiger partial charge is 0.309 e. The molecule has 0 amide bonds. The topological polar surface area (TPSA) is 3.24 Å². The molecule has 1 heteroatoms. The molecule has 1 aliphatic rings. The van der Waals surface area contributed by atoms with E-state index in [1.54, 1.807) is 0 Å². The summed E-state index contributed by atoms with van der Waals surface area (Å²) in [7, 11) is 4.20. The lowest BCUT2D eigenvalue weighted by Gasteiger charge is -2.22. The molecule has 0 aromatic carbocycles. The number of hydrogen-bond acceptors (Lipinski definition) is 1. The van der Waals surface area contributed by atoms with Crippen molar-refractivity contribution in [1.29, 1.82) is 0 Å². The van der Waals surface area contributed by atoms with Crippen molar-refractivity contribution in [2.75, 3.05) is 20.6 Å². The van der Waals surface area contributed by atoms with Crippen LogP contribution in [0.3, 0.4) is 0 Å². The van der Waals surface area contributed by atoms with Gasteiger partial charge >= 0.3 is 0 Å². The van der Waals surface area contributed by atoms with Gasteiger partial charge in [0.1, 0.15) is 0 Å². The van der Waals surface area contributed by atoms with Crippen LogP contribution in [-0.2, 0) is 0 Å². The van der Waals surface area contributed by atoms with Gasteiger partial charge in [0, 0.05) is 6.54 Å². The van der Waals surface area contributed by atoms with Crippen molar-refractivity contribution in [3.8, 4) is 0 Å². The lowest BCUT2D eigenvalue weighted by Crippen LogP contribution is -2.25. The van der Waals surface area contributed by atoms with E-state index < -0.39 is 0 Å². The van der Waals surface area contributed by atoms with Crippen LogP contribution < -0.4 is 0 Å². The molecule has 0 N–H and O–H groups in total. The smallest absolute Gasteiger partial charge is 0.00239 e. The summed E-state index contributed by atoms with van der Waals surface area (Å²) in [5, 5.41) is 0. The summed E-state index contributed by atoms with van der Waals surface area (Å²) < 4.78 is 0. The fourth-order valence-electron chi connectivity index (χ4n) is 3.03. The maximum Gasteiger partial charge on any atom is 0.00239 e. The summed E-state index contributed by atoms with van der Waals surface area (Å²) in [6, 6.07) is 0. The van der Waals surface area contributed by atoms with Crippen molar-refractivity contribution < 1.29 is 0 Å². The first-order valence-corrected chi connectivity index (χ1v) is 15.8. The van der Waals surface area contributed by atoms with Crippen LogP contribution in [0.2, 0.25) is 0 Å². The van der Waals surface area contributed by atoms with Crippen LogP contribution in [0.4, 0.5) is 0 Å². The van der Waals surface area contributed by atoms with E-state index in [0.29, 0.717) is 27.1 Å². The van der Waals surface area contributed by atoms with E-state index in [9.17, 15) is 0 Å². The Balaban J connectivity index is -0.000000187. The minimum absolute atomic E-state index is 0.448. The fourth-order valence-corrected chi connectivity index (χ4v) is 3.03. The van der Waals surface area contributed by atoms with Gasteiger partial charge in [0.15, 0.2) is 0 Å². The standard InChI is InChI=1S/C10H20.C7H17N.C7H16.2C6H14/c1-10(2,3)8-4-5-9-6-7-9;1-7(2,3)6-8(4)5;1-5-6-7(2,3)4;2*1-5-6(2,3)4/h9H,4-8H2,1-3H3;6H2,1-5H3;5-6H2,1-4H3;2*5H2,1-4H3. The molecular weight excluding hydrogens is 446 g/mol. The molecule has 0 saturated heterocycles. The second-order valence-corrected chi connectivity index (χ2v) is 17.8. The Morgan fingerprint density at radius 1 is 0.514 bits per heavy atom. The Morgan fingerprint density at radius 3 is 0.946 bits per heavy atom. The lowest BCUT2D eigenvalue weighted by atomic mass is 9.89. The summed E-state index contributed by atoms with van der Waals surface area (Å²) >= 11 is 0. The van der Waals surface area contributed by atoms with Crippen LogP contribution in [0.1, 0.15) is 182 Å². The molecule has 0 spiro atoms. The van der Waals surface area contributed by atoms with Gasteiger partial charge in [-0.05, 0) is 59.9 Å². The summed E-state index contributed by atoms with van der Waals surface area (Å²) in [6.07, 6.45) is 12.6. The van der Waals surface area contributed by atoms with Gasteiger partial charge < -0.3 is 4.90 Å². The Hall–Kier alpha value is -0.0400. The minimum atomic E-state index is 0.448. The molecule has 0 aromatic heterocycles. The molecular formula is C36H81N. The Bertz CT molecular complexity index is 447. The molecule has 37 heavy (non-hydrogen) atoms. The monoisotopic (exact) mass is 528 g/mol. The third-order valence-corrected chi connectivity index (χ3v) is 6.15. The molecule has 1 aliphatic carbocycles. The van der Waals surface area contributed by atoms with E-state index >= 15 is 0 Å². The third kappa shape index (κ3) is 66.6. The average Bonchev–Trinajstić information content (AvgIpc) is 3.43. The zero-order valence-electron chi connectivity index (χ0n) is 30.6. The van der Waals surface area contributed by atoms with Gasteiger partial charge in [-0.25, -0.2) is 0 Å². The van der Waals surface area contributed by atoms with Gasteiger partial charge in [-0.15, -0.1) is 0 Å². The van der Waals surface area contributed by atoms with Crippen LogP contribution >= 0.6 is 0 Å². The van der Waals surface area contributed by atoms with E-state index in [1.807, 2.05) is 0 Å². The predicted octanol–water partition coefficient (Wildman–Crippen LogP) is 12.9. The highest BCUT2D eigenvalue weighted by molar-refractivity contribution is 4.74. The normalized spacial score (nSPS) is 14.2. The second kappa shape index (κ2) is 20.8.